The summed E-state index contributed by atoms with van der Waals surface area (Å²) in [5.41, 5.74) is 1.94. The molecule has 4 heteroatoms. The Morgan fingerprint density at radius 3 is 1.67 bits per heavy atom. The summed E-state index contributed by atoms with van der Waals surface area (Å²) in [6.07, 6.45) is 0. The van der Waals surface area contributed by atoms with Crippen LogP contribution in [0, 0.1) is 11.3 Å². The summed E-state index contributed by atoms with van der Waals surface area (Å²) in [5.74, 6) is 1.47. The van der Waals surface area contributed by atoms with Gasteiger partial charge in [-0.05, 0) is 59.7 Å². The minimum atomic E-state index is 0.408. The molecule has 0 saturated heterocycles. The first kappa shape index (κ1) is 15.0. The van der Waals surface area contributed by atoms with Crippen LogP contribution in [0.5, 0.6) is 11.5 Å². The standard InChI is InChI=1S/C17H14ClNO2/c1-20-14-7-3-12(4-8-14)16(11-19)17(18)13-5-9-15(21-2)10-6-13/h3-10H,1-2H3/b17-16-. The van der Waals surface area contributed by atoms with E-state index in [9.17, 15) is 5.26 Å². The molecule has 0 radical (unpaired) electrons. The summed E-state index contributed by atoms with van der Waals surface area (Å²) in [6, 6.07) is 16.6. The Labute approximate surface area is 129 Å². The Bertz CT molecular complexity index is 682. The van der Waals surface area contributed by atoms with Crippen LogP contribution in [-0.4, -0.2) is 14.2 Å². The van der Waals surface area contributed by atoms with Gasteiger partial charge < -0.3 is 9.47 Å². The Morgan fingerprint density at radius 2 is 1.29 bits per heavy atom. The normalized spacial score (nSPS) is 11.3. The molecule has 0 fully saturated rings. The Balaban J connectivity index is 2.42. The van der Waals surface area contributed by atoms with Crippen molar-refractivity contribution in [1.82, 2.24) is 0 Å². The maximum atomic E-state index is 9.39. The van der Waals surface area contributed by atoms with Gasteiger partial charge in [-0.15, -0.1) is 0 Å². The van der Waals surface area contributed by atoms with Crippen molar-refractivity contribution in [2.24, 2.45) is 0 Å². The molecular formula is C17H14ClNO2. The first-order chi connectivity index (χ1) is 10.2. The monoisotopic (exact) mass is 299 g/mol. The third-order valence-corrected chi connectivity index (χ3v) is 3.46. The first-order valence-corrected chi connectivity index (χ1v) is 6.66. The van der Waals surface area contributed by atoms with Crippen LogP contribution in [0.2, 0.25) is 0 Å². The van der Waals surface area contributed by atoms with Gasteiger partial charge in [0.1, 0.15) is 17.6 Å². The average Bonchev–Trinajstić information content (AvgIpc) is 2.56. The molecule has 0 saturated carbocycles. The van der Waals surface area contributed by atoms with Gasteiger partial charge in [0, 0.05) is 0 Å². The molecule has 0 spiro atoms. The fourth-order valence-electron chi connectivity index (χ4n) is 1.88. The fourth-order valence-corrected chi connectivity index (χ4v) is 2.16. The van der Waals surface area contributed by atoms with E-state index in [0.29, 0.717) is 10.6 Å². The van der Waals surface area contributed by atoms with Crippen molar-refractivity contribution >= 4 is 22.2 Å². The van der Waals surface area contributed by atoms with E-state index in [4.69, 9.17) is 21.1 Å². The molecule has 0 atom stereocenters. The van der Waals surface area contributed by atoms with Crippen molar-refractivity contribution in [1.29, 1.82) is 5.26 Å². The van der Waals surface area contributed by atoms with Crippen molar-refractivity contribution in [2.75, 3.05) is 14.2 Å². The number of methoxy groups -OCH3 is 2. The highest BCUT2D eigenvalue weighted by Gasteiger charge is 2.10. The molecule has 0 unspecified atom stereocenters. The number of nitrogens with zero attached hydrogens (tertiary/aromatic N) is 1. The van der Waals surface area contributed by atoms with Gasteiger partial charge in [0.2, 0.25) is 0 Å². The molecule has 2 rings (SSSR count). The molecule has 0 aliphatic carbocycles. The van der Waals surface area contributed by atoms with Crippen LogP contribution < -0.4 is 9.47 Å². The van der Waals surface area contributed by atoms with Crippen LogP contribution in [0.4, 0.5) is 0 Å². The molecule has 0 aliphatic heterocycles. The van der Waals surface area contributed by atoms with Crippen molar-refractivity contribution in [2.45, 2.75) is 0 Å². The third-order valence-electron chi connectivity index (χ3n) is 3.05. The highest BCUT2D eigenvalue weighted by Crippen LogP contribution is 2.31. The molecule has 0 aliphatic rings. The van der Waals surface area contributed by atoms with Crippen LogP contribution in [0.3, 0.4) is 0 Å². The highest BCUT2D eigenvalue weighted by atomic mass is 35.5. The summed E-state index contributed by atoms with van der Waals surface area (Å²) in [4.78, 5) is 0. The van der Waals surface area contributed by atoms with E-state index in [-0.39, 0.29) is 0 Å². The van der Waals surface area contributed by atoms with E-state index in [0.717, 1.165) is 22.6 Å². The number of halogens is 1. The zero-order valence-corrected chi connectivity index (χ0v) is 12.5. The first-order valence-electron chi connectivity index (χ1n) is 6.28. The molecule has 0 aromatic heterocycles. The lowest BCUT2D eigenvalue weighted by molar-refractivity contribution is 0.414. The van der Waals surface area contributed by atoms with Crippen LogP contribution in [0.1, 0.15) is 11.1 Å². The average molecular weight is 300 g/mol. The molecule has 2 aromatic rings. The van der Waals surface area contributed by atoms with Crippen molar-refractivity contribution in [3.05, 3.63) is 59.7 Å². The van der Waals surface area contributed by atoms with Crippen molar-refractivity contribution in [3.63, 3.8) is 0 Å². The number of nitriles is 1. The van der Waals surface area contributed by atoms with E-state index in [2.05, 4.69) is 6.07 Å². The molecule has 0 amide bonds. The molecular weight excluding hydrogens is 286 g/mol. The second-order valence-corrected chi connectivity index (χ2v) is 4.64. The number of benzene rings is 2. The van der Waals surface area contributed by atoms with Crippen molar-refractivity contribution in [3.8, 4) is 17.6 Å². The topological polar surface area (TPSA) is 42.2 Å². The lowest BCUT2D eigenvalue weighted by atomic mass is 10.0. The summed E-state index contributed by atoms with van der Waals surface area (Å²) in [7, 11) is 3.20. The van der Waals surface area contributed by atoms with Crippen LogP contribution in [0.15, 0.2) is 48.5 Å². The third kappa shape index (κ3) is 3.36. The largest absolute Gasteiger partial charge is 0.497 e. The lowest BCUT2D eigenvalue weighted by Gasteiger charge is -2.07. The quantitative estimate of drug-likeness (QED) is 0.623. The van der Waals surface area contributed by atoms with Gasteiger partial charge in [-0.3, -0.25) is 0 Å². The second-order valence-electron chi connectivity index (χ2n) is 4.26. The van der Waals surface area contributed by atoms with E-state index in [1.807, 2.05) is 24.3 Å². The van der Waals surface area contributed by atoms with Gasteiger partial charge in [-0.2, -0.15) is 5.26 Å². The predicted molar refractivity (Wildman–Crippen MR) is 84.3 cm³/mol. The zero-order valence-electron chi connectivity index (χ0n) is 11.8. The van der Waals surface area contributed by atoms with Crippen LogP contribution in [0.25, 0.3) is 10.6 Å². The summed E-state index contributed by atoms with van der Waals surface area (Å²) in [6.45, 7) is 0. The minimum absolute atomic E-state index is 0.408. The maximum Gasteiger partial charge on any atom is 0.118 e. The Hall–Kier alpha value is -2.44. The molecule has 0 heterocycles. The molecule has 3 nitrogen and oxygen atoms in total. The smallest absolute Gasteiger partial charge is 0.118 e. The Kier molecular flexibility index (Phi) is 4.86. The molecule has 106 valence electrons. The van der Waals surface area contributed by atoms with E-state index in [1.54, 1.807) is 38.5 Å². The van der Waals surface area contributed by atoms with Crippen LogP contribution >= 0.6 is 11.6 Å². The van der Waals surface area contributed by atoms with E-state index < -0.39 is 0 Å². The number of allylic oxidation sites excluding steroid dienone is 1. The number of hydrogen-bond donors (Lipinski definition) is 0. The number of rotatable bonds is 4. The molecule has 2 aromatic carbocycles. The summed E-state index contributed by atoms with van der Waals surface area (Å²) < 4.78 is 10.2. The molecule has 21 heavy (non-hydrogen) atoms. The van der Waals surface area contributed by atoms with Gasteiger partial charge in [0.15, 0.2) is 0 Å². The van der Waals surface area contributed by atoms with Crippen molar-refractivity contribution < 1.29 is 9.47 Å². The van der Waals surface area contributed by atoms with Gasteiger partial charge >= 0.3 is 0 Å². The minimum Gasteiger partial charge on any atom is -0.497 e. The number of ether oxygens (including phenoxy) is 2. The van der Waals surface area contributed by atoms with E-state index >= 15 is 0 Å². The van der Waals surface area contributed by atoms with Gasteiger partial charge in [-0.1, -0.05) is 11.6 Å². The Morgan fingerprint density at radius 1 is 0.857 bits per heavy atom. The van der Waals surface area contributed by atoms with Crippen LogP contribution in [-0.2, 0) is 0 Å². The maximum absolute atomic E-state index is 9.39. The zero-order chi connectivity index (χ0) is 15.2. The van der Waals surface area contributed by atoms with E-state index in [1.165, 1.54) is 0 Å². The SMILES string of the molecule is COc1ccc(/C(Cl)=C(\C#N)c2ccc(OC)cc2)cc1. The molecule has 0 bridgehead atoms. The van der Waals surface area contributed by atoms with Gasteiger partial charge in [0.05, 0.1) is 24.8 Å². The summed E-state index contributed by atoms with van der Waals surface area (Å²) >= 11 is 6.36. The lowest BCUT2D eigenvalue weighted by Crippen LogP contribution is -1.88. The fraction of sp³-hybridized carbons (Fsp3) is 0.118. The predicted octanol–water partition coefficient (Wildman–Crippen LogP) is 4.33. The van der Waals surface area contributed by atoms with Gasteiger partial charge in [0.25, 0.3) is 0 Å². The second kappa shape index (κ2) is 6.83. The highest BCUT2D eigenvalue weighted by molar-refractivity contribution is 6.53. The van der Waals surface area contributed by atoms with Gasteiger partial charge in [-0.25, -0.2) is 0 Å². The summed E-state index contributed by atoms with van der Waals surface area (Å²) in [5, 5.41) is 9.80. The number of hydrogen-bond acceptors (Lipinski definition) is 3. The molecule has 0 N–H and O–H groups in total.